The zero-order chi connectivity index (χ0) is 22.1. The van der Waals surface area contributed by atoms with Crippen molar-refractivity contribution in [3.8, 4) is 11.4 Å². The van der Waals surface area contributed by atoms with Gasteiger partial charge in [0.15, 0.2) is 0 Å². The first-order valence-electron chi connectivity index (χ1n) is 8.15. The first-order chi connectivity index (χ1) is 13.9. The molecule has 0 aliphatic carbocycles. The molecule has 3 rings (SSSR count). The van der Waals surface area contributed by atoms with E-state index >= 15 is 0 Å². The maximum atomic E-state index is 12.7. The lowest BCUT2D eigenvalue weighted by atomic mass is 10.3. The predicted molar refractivity (Wildman–Crippen MR) is 98.9 cm³/mol. The van der Waals surface area contributed by atoms with Crippen LogP contribution in [0.3, 0.4) is 0 Å². The number of hydrogen-bond donors (Lipinski definition) is 1. The Morgan fingerprint density at radius 2 is 1.80 bits per heavy atom. The van der Waals surface area contributed by atoms with Crippen LogP contribution < -0.4 is 9.46 Å². The second-order valence-electron chi connectivity index (χ2n) is 5.98. The van der Waals surface area contributed by atoms with Crippen LogP contribution in [0, 0.1) is 17.0 Å². The minimum atomic E-state index is -4.97. The quantitative estimate of drug-likeness (QED) is 0.459. The molecule has 30 heavy (non-hydrogen) atoms. The summed E-state index contributed by atoms with van der Waals surface area (Å²) < 4.78 is 69.7. The number of sulfonamides is 1. The lowest BCUT2D eigenvalue weighted by molar-refractivity contribution is -0.384. The van der Waals surface area contributed by atoms with Crippen LogP contribution in [0.2, 0.25) is 0 Å². The van der Waals surface area contributed by atoms with E-state index in [1.54, 1.807) is 6.92 Å². The molecule has 9 nitrogen and oxygen atoms in total. The van der Waals surface area contributed by atoms with E-state index in [0.717, 1.165) is 24.3 Å². The highest BCUT2D eigenvalue weighted by atomic mass is 32.2. The lowest BCUT2D eigenvalue weighted by Crippen LogP contribution is -2.18. The van der Waals surface area contributed by atoms with Crippen molar-refractivity contribution in [1.29, 1.82) is 0 Å². The fourth-order valence-corrected chi connectivity index (χ4v) is 3.59. The summed E-state index contributed by atoms with van der Waals surface area (Å²) in [4.78, 5) is 9.74. The Morgan fingerprint density at radius 1 is 1.13 bits per heavy atom. The molecule has 1 aromatic heterocycles. The molecule has 0 saturated carbocycles. The molecule has 13 heteroatoms. The highest BCUT2D eigenvalue weighted by Crippen LogP contribution is 2.27. The van der Waals surface area contributed by atoms with Gasteiger partial charge in [-0.25, -0.2) is 13.1 Å². The average Bonchev–Trinajstić information content (AvgIpc) is 3.00. The van der Waals surface area contributed by atoms with E-state index in [1.165, 1.54) is 35.0 Å². The number of hydrogen-bond acceptors (Lipinski definition) is 6. The zero-order valence-corrected chi connectivity index (χ0v) is 15.9. The molecule has 0 spiro atoms. The van der Waals surface area contributed by atoms with Gasteiger partial charge in [-0.1, -0.05) is 6.07 Å². The van der Waals surface area contributed by atoms with E-state index in [0.29, 0.717) is 11.4 Å². The summed E-state index contributed by atoms with van der Waals surface area (Å²) in [5.41, 5.74) is 0.604. The molecular formula is C17H13F3N4O5S. The Labute approximate surface area is 167 Å². The summed E-state index contributed by atoms with van der Waals surface area (Å²) in [7, 11) is -4.30. The van der Waals surface area contributed by atoms with Crippen LogP contribution in [0.15, 0.2) is 59.5 Å². The Bertz CT molecular complexity index is 1190. The third-order valence-electron chi connectivity index (χ3n) is 3.72. The van der Waals surface area contributed by atoms with Gasteiger partial charge in [0.25, 0.3) is 15.7 Å². The first-order valence-corrected chi connectivity index (χ1v) is 9.63. The van der Waals surface area contributed by atoms with E-state index < -0.39 is 32.0 Å². The number of aromatic nitrogens is 2. The number of rotatable bonds is 6. The van der Waals surface area contributed by atoms with Crippen molar-refractivity contribution in [2.45, 2.75) is 18.2 Å². The summed E-state index contributed by atoms with van der Waals surface area (Å²) in [5, 5.41) is 14.9. The van der Waals surface area contributed by atoms with Crippen molar-refractivity contribution in [2.75, 3.05) is 4.72 Å². The molecule has 0 fully saturated rings. The summed E-state index contributed by atoms with van der Waals surface area (Å²) in [6, 6.07) is 10.5. The van der Waals surface area contributed by atoms with Crippen molar-refractivity contribution < 1.29 is 31.2 Å². The molecule has 0 aliphatic rings. The summed E-state index contributed by atoms with van der Waals surface area (Å²) in [5.74, 6) is -0.700. The van der Waals surface area contributed by atoms with E-state index in [1.807, 2.05) is 0 Å². The third kappa shape index (κ3) is 4.86. The Kier molecular flexibility index (Phi) is 5.39. The number of anilines is 1. The highest BCUT2D eigenvalue weighted by Gasteiger charge is 2.31. The normalized spacial score (nSPS) is 11.9. The van der Waals surface area contributed by atoms with Crippen LogP contribution in [0.5, 0.6) is 5.75 Å². The number of non-ortho nitro benzene ring substituents is 1. The molecule has 0 saturated heterocycles. The fraction of sp³-hybridized carbons (Fsp3) is 0.118. The van der Waals surface area contributed by atoms with E-state index in [9.17, 15) is 31.7 Å². The number of nitrogens with zero attached hydrogens (tertiary/aromatic N) is 3. The highest BCUT2D eigenvalue weighted by molar-refractivity contribution is 7.92. The lowest BCUT2D eigenvalue weighted by Gasteiger charge is -2.12. The SMILES string of the molecule is Cc1cc(NS(=O)(=O)c2cccc(OC(F)(F)F)c2)n(-c2ccc([N+](=O)[O-])cc2)n1. The van der Waals surface area contributed by atoms with E-state index in [2.05, 4.69) is 14.6 Å². The van der Waals surface area contributed by atoms with Gasteiger partial charge < -0.3 is 4.74 Å². The maximum Gasteiger partial charge on any atom is 0.573 e. The number of nitrogens with one attached hydrogen (secondary N) is 1. The number of benzene rings is 2. The van der Waals surface area contributed by atoms with Gasteiger partial charge in [-0.05, 0) is 31.2 Å². The molecule has 3 aromatic rings. The number of nitro benzene ring substituents is 1. The van der Waals surface area contributed by atoms with Crippen molar-refractivity contribution in [2.24, 2.45) is 0 Å². The Hall–Kier alpha value is -3.61. The zero-order valence-electron chi connectivity index (χ0n) is 15.1. The van der Waals surface area contributed by atoms with Crippen LogP contribution in [-0.2, 0) is 10.0 Å². The molecule has 1 N–H and O–H groups in total. The fourth-order valence-electron chi connectivity index (χ4n) is 2.52. The smallest absolute Gasteiger partial charge is 0.406 e. The third-order valence-corrected chi connectivity index (χ3v) is 5.08. The van der Waals surface area contributed by atoms with Gasteiger partial charge in [0.05, 0.1) is 21.2 Å². The van der Waals surface area contributed by atoms with Gasteiger partial charge in [-0.15, -0.1) is 13.2 Å². The van der Waals surface area contributed by atoms with Crippen LogP contribution >= 0.6 is 0 Å². The van der Waals surface area contributed by atoms with Crippen LogP contribution in [0.25, 0.3) is 5.69 Å². The molecular weight excluding hydrogens is 429 g/mol. The number of alkyl halides is 3. The van der Waals surface area contributed by atoms with Crippen molar-refractivity contribution in [1.82, 2.24) is 9.78 Å². The van der Waals surface area contributed by atoms with Crippen molar-refractivity contribution in [3.05, 3.63) is 70.4 Å². The molecule has 1 heterocycles. The van der Waals surface area contributed by atoms with E-state index in [4.69, 9.17) is 0 Å². The number of aryl methyl sites for hydroxylation is 1. The molecule has 0 bridgehead atoms. The first kappa shape index (κ1) is 21.1. The van der Waals surface area contributed by atoms with Crippen molar-refractivity contribution >= 4 is 21.5 Å². The van der Waals surface area contributed by atoms with Gasteiger partial charge in [0, 0.05) is 24.3 Å². The van der Waals surface area contributed by atoms with Crippen LogP contribution in [-0.4, -0.2) is 29.5 Å². The molecule has 0 unspecified atom stereocenters. The van der Waals surface area contributed by atoms with Gasteiger partial charge in [-0.3, -0.25) is 14.8 Å². The summed E-state index contributed by atoms with van der Waals surface area (Å²) >= 11 is 0. The molecule has 158 valence electrons. The van der Waals surface area contributed by atoms with Crippen molar-refractivity contribution in [3.63, 3.8) is 0 Å². The summed E-state index contributed by atoms with van der Waals surface area (Å²) in [6.45, 7) is 1.59. The minimum Gasteiger partial charge on any atom is -0.406 e. The number of nitro groups is 1. The van der Waals surface area contributed by atoms with E-state index in [-0.39, 0.29) is 11.5 Å². The minimum absolute atomic E-state index is 0.0107. The molecule has 0 amide bonds. The second-order valence-corrected chi connectivity index (χ2v) is 7.67. The van der Waals surface area contributed by atoms with Gasteiger partial charge in [0.1, 0.15) is 11.6 Å². The largest absolute Gasteiger partial charge is 0.573 e. The Balaban J connectivity index is 1.93. The molecule has 2 aromatic carbocycles. The topological polar surface area (TPSA) is 116 Å². The monoisotopic (exact) mass is 442 g/mol. The average molecular weight is 442 g/mol. The van der Waals surface area contributed by atoms with Gasteiger partial charge >= 0.3 is 6.36 Å². The van der Waals surface area contributed by atoms with Crippen LogP contribution in [0.1, 0.15) is 5.69 Å². The van der Waals surface area contributed by atoms with Gasteiger partial charge in [-0.2, -0.15) is 5.10 Å². The second kappa shape index (κ2) is 7.67. The molecule has 0 aliphatic heterocycles. The Morgan fingerprint density at radius 3 is 2.40 bits per heavy atom. The van der Waals surface area contributed by atoms with Gasteiger partial charge in [0.2, 0.25) is 0 Å². The van der Waals surface area contributed by atoms with Crippen LogP contribution in [0.4, 0.5) is 24.7 Å². The summed E-state index contributed by atoms with van der Waals surface area (Å²) in [6.07, 6.45) is -4.97. The number of ether oxygens (including phenoxy) is 1. The molecule has 0 atom stereocenters. The predicted octanol–water partition coefficient (Wildman–Crippen LogP) is 3.79. The maximum absolute atomic E-state index is 12.7. The molecule has 0 radical (unpaired) electrons. The standard InChI is InChI=1S/C17H13F3N4O5S/c1-11-9-16(23(21-11)12-5-7-13(8-6-12)24(25)26)22-30(27,28)15-4-2-3-14(10-15)29-17(18,19)20/h2-10,22H,1H3. The number of halogens is 3.